The maximum atomic E-state index is 11.8. The molecular weight excluding hydrogens is 421 g/mol. The zero-order valence-corrected chi connectivity index (χ0v) is 17.1. The molecule has 0 aliphatic heterocycles. The van der Waals surface area contributed by atoms with Crippen molar-refractivity contribution in [3.63, 3.8) is 0 Å². The third kappa shape index (κ3) is 7.19. The SMILES string of the molecule is Cc1cc(Cl)ccc1OCC(=O)NNC(=S)NC(=O)/C=C/c1ccccc1Cl. The molecule has 0 saturated carbocycles. The molecule has 0 radical (unpaired) electrons. The molecule has 146 valence electrons. The lowest BCUT2D eigenvalue weighted by Crippen LogP contribution is -2.49. The maximum absolute atomic E-state index is 11.8. The summed E-state index contributed by atoms with van der Waals surface area (Å²) in [6.07, 6.45) is 2.84. The molecule has 0 unspecified atom stereocenters. The largest absolute Gasteiger partial charge is 0.483 e. The highest BCUT2D eigenvalue weighted by molar-refractivity contribution is 7.80. The average Bonchev–Trinajstić information content (AvgIpc) is 2.65. The van der Waals surface area contributed by atoms with Crippen molar-refractivity contribution in [1.29, 1.82) is 0 Å². The van der Waals surface area contributed by atoms with Crippen LogP contribution in [0.25, 0.3) is 6.08 Å². The number of aryl methyl sites for hydroxylation is 1. The zero-order chi connectivity index (χ0) is 20.5. The summed E-state index contributed by atoms with van der Waals surface area (Å²) in [7, 11) is 0. The molecule has 0 fully saturated rings. The molecule has 0 atom stereocenters. The molecule has 2 aromatic carbocycles. The summed E-state index contributed by atoms with van der Waals surface area (Å²) in [5.41, 5.74) is 6.25. The Hall–Kier alpha value is -2.61. The molecule has 2 aromatic rings. The first kappa shape index (κ1) is 21.7. The minimum absolute atomic E-state index is 0.0650. The number of carbonyl (C=O) groups is 2. The molecule has 0 aliphatic rings. The van der Waals surface area contributed by atoms with E-state index in [2.05, 4.69) is 16.2 Å². The van der Waals surface area contributed by atoms with E-state index < -0.39 is 11.8 Å². The summed E-state index contributed by atoms with van der Waals surface area (Å²) in [6.45, 7) is 1.58. The highest BCUT2D eigenvalue weighted by Gasteiger charge is 2.07. The Bertz CT molecular complexity index is 919. The molecule has 3 N–H and O–H groups in total. The number of hydrazine groups is 1. The van der Waals surface area contributed by atoms with E-state index in [1.807, 2.05) is 6.92 Å². The summed E-state index contributed by atoms with van der Waals surface area (Å²) in [4.78, 5) is 23.6. The highest BCUT2D eigenvalue weighted by atomic mass is 35.5. The van der Waals surface area contributed by atoms with E-state index in [-0.39, 0.29) is 11.7 Å². The Morgan fingerprint density at radius 2 is 1.89 bits per heavy atom. The van der Waals surface area contributed by atoms with Gasteiger partial charge in [0.25, 0.3) is 5.91 Å². The van der Waals surface area contributed by atoms with E-state index >= 15 is 0 Å². The van der Waals surface area contributed by atoms with Crippen LogP contribution in [0.5, 0.6) is 5.75 Å². The number of benzene rings is 2. The third-order valence-electron chi connectivity index (χ3n) is 3.37. The lowest BCUT2D eigenvalue weighted by molar-refractivity contribution is -0.123. The van der Waals surface area contributed by atoms with E-state index in [1.54, 1.807) is 48.5 Å². The Morgan fingerprint density at radius 3 is 2.61 bits per heavy atom. The van der Waals surface area contributed by atoms with Crippen LogP contribution in [0, 0.1) is 6.92 Å². The molecule has 0 bridgehead atoms. The van der Waals surface area contributed by atoms with Gasteiger partial charge in [0.1, 0.15) is 5.75 Å². The second-order valence-corrected chi connectivity index (χ2v) is 6.80. The van der Waals surface area contributed by atoms with Gasteiger partial charge in [-0.25, -0.2) is 0 Å². The van der Waals surface area contributed by atoms with E-state index in [9.17, 15) is 9.59 Å². The van der Waals surface area contributed by atoms with E-state index in [1.165, 1.54) is 6.08 Å². The van der Waals surface area contributed by atoms with Gasteiger partial charge in [0, 0.05) is 16.1 Å². The van der Waals surface area contributed by atoms with Crippen LogP contribution in [0.4, 0.5) is 0 Å². The van der Waals surface area contributed by atoms with Gasteiger partial charge in [0.05, 0.1) is 0 Å². The number of halogens is 2. The van der Waals surface area contributed by atoms with Crippen LogP contribution in [-0.4, -0.2) is 23.5 Å². The van der Waals surface area contributed by atoms with Gasteiger partial charge in [0.2, 0.25) is 5.91 Å². The number of amides is 2. The molecule has 6 nitrogen and oxygen atoms in total. The Kier molecular flexibility index (Phi) is 8.25. The number of hydrogen-bond donors (Lipinski definition) is 3. The van der Waals surface area contributed by atoms with Crippen LogP contribution in [0.3, 0.4) is 0 Å². The van der Waals surface area contributed by atoms with Crippen molar-refractivity contribution in [3.8, 4) is 5.75 Å². The predicted molar refractivity (Wildman–Crippen MR) is 114 cm³/mol. The first-order valence-electron chi connectivity index (χ1n) is 8.06. The minimum Gasteiger partial charge on any atom is -0.483 e. The molecule has 0 aliphatic carbocycles. The summed E-state index contributed by atoms with van der Waals surface area (Å²) in [6, 6.07) is 12.2. The van der Waals surface area contributed by atoms with E-state index in [0.29, 0.717) is 21.4 Å². The molecule has 0 aromatic heterocycles. The van der Waals surface area contributed by atoms with Gasteiger partial charge in [0.15, 0.2) is 11.7 Å². The number of rotatable bonds is 5. The second kappa shape index (κ2) is 10.7. The van der Waals surface area contributed by atoms with Crippen LogP contribution in [0.15, 0.2) is 48.5 Å². The Labute approximate surface area is 177 Å². The van der Waals surface area contributed by atoms with Crippen molar-refractivity contribution < 1.29 is 14.3 Å². The van der Waals surface area contributed by atoms with E-state index in [4.69, 9.17) is 40.2 Å². The van der Waals surface area contributed by atoms with Gasteiger partial charge >= 0.3 is 0 Å². The Morgan fingerprint density at radius 1 is 1.14 bits per heavy atom. The topological polar surface area (TPSA) is 79.5 Å². The highest BCUT2D eigenvalue weighted by Crippen LogP contribution is 2.21. The van der Waals surface area contributed by atoms with Crippen molar-refractivity contribution in [3.05, 3.63) is 69.7 Å². The number of carbonyl (C=O) groups excluding carboxylic acids is 2. The van der Waals surface area contributed by atoms with Gasteiger partial charge in [-0.05, 0) is 60.6 Å². The van der Waals surface area contributed by atoms with Crippen molar-refractivity contribution in [2.45, 2.75) is 6.92 Å². The third-order valence-corrected chi connectivity index (χ3v) is 4.15. The lowest BCUT2D eigenvalue weighted by Gasteiger charge is -2.11. The monoisotopic (exact) mass is 437 g/mol. The summed E-state index contributed by atoms with van der Waals surface area (Å²) < 4.78 is 5.40. The zero-order valence-electron chi connectivity index (χ0n) is 14.8. The normalized spacial score (nSPS) is 10.4. The molecule has 0 saturated heterocycles. The average molecular weight is 438 g/mol. The van der Waals surface area contributed by atoms with Crippen molar-refractivity contribution in [2.75, 3.05) is 6.61 Å². The van der Waals surface area contributed by atoms with Crippen molar-refractivity contribution in [1.82, 2.24) is 16.2 Å². The number of hydrogen-bond acceptors (Lipinski definition) is 4. The van der Waals surface area contributed by atoms with Crippen LogP contribution >= 0.6 is 35.4 Å². The van der Waals surface area contributed by atoms with Crippen molar-refractivity contribution in [2.24, 2.45) is 0 Å². The van der Waals surface area contributed by atoms with Gasteiger partial charge in [-0.3, -0.25) is 25.8 Å². The van der Waals surface area contributed by atoms with Gasteiger partial charge in [-0.2, -0.15) is 0 Å². The number of ether oxygens (including phenoxy) is 1. The molecule has 0 heterocycles. The fourth-order valence-corrected chi connectivity index (χ4v) is 2.62. The molecule has 9 heteroatoms. The van der Waals surface area contributed by atoms with E-state index in [0.717, 1.165) is 5.56 Å². The van der Waals surface area contributed by atoms with Crippen molar-refractivity contribution >= 4 is 58.4 Å². The summed E-state index contributed by atoms with van der Waals surface area (Å²) in [5.74, 6) is -0.405. The molecule has 2 amide bonds. The lowest BCUT2D eigenvalue weighted by atomic mass is 10.2. The first-order valence-corrected chi connectivity index (χ1v) is 9.23. The van der Waals surface area contributed by atoms with Gasteiger partial charge in [-0.1, -0.05) is 41.4 Å². The Balaban J connectivity index is 1.73. The first-order chi connectivity index (χ1) is 13.3. The van der Waals surface area contributed by atoms with Crippen LogP contribution in [0.1, 0.15) is 11.1 Å². The number of thiocarbonyl (C=S) groups is 1. The molecule has 0 spiro atoms. The predicted octanol–water partition coefficient (Wildman–Crippen LogP) is 3.42. The van der Waals surface area contributed by atoms with Crippen LogP contribution in [0.2, 0.25) is 10.0 Å². The van der Waals surface area contributed by atoms with Gasteiger partial charge < -0.3 is 4.74 Å². The van der Waals surface area contributed by atoms with Crippen LogP contribution < -0.4 is 20.9 Å². The molecular formula is C19H17Cl2N3O3S. The fraction of sp³-hybridized carbons (Fsp3) is 0.105. The second-order valence-electron chi connectivity index (χ2n) is 5.54. The molecule has 28 heavy (non-hydrogen) atoms. The van der Waals surface area contributed by atoms with Gasteiger partial charge in [-0.15, -0.1) is 0 Å². The summed E-state index contributed by atoms with van der Waals surface area (Å²) in [5, 5.41) is 3.44. The fourth-order valence-electron chi connectivity index (χ4n) is 2.04. The standard InChI is InChI=1S/C19H17Cl2N3O3S/c1-12-10-14(20)7-8-16(12)27-11-18(26)23-24-19(28)22-17(25)9-6-13-4-2-3-5-15(13)21/h2-10H,11H2,1H3,(H,23,26)(H2,22,24,25,28)/b9-6+. The maximum Gasteiger partial charge on any atom is 0.276 e. The van der Waals surface area contributed by atoms with Crippen LogP contribution in [-0.2, 0) is 9.59 Å². The summed E-state index contributed by atoms with van der Waals surface area (Å²) >= 11 is 16.8. The quantitative estimate of drug-likeness (QED) is 0.379. The smallest absolute Gasteiger partial charge is 0.276 e. The minimum atomic E-state index is -0.474. The molecule has 2 rings (SSSR count). The number of nitrogens with one attached hydrogen (secondary N) is 3.